The van der Waals surface area contributed by atoms with E-state index in [1.807, 2.05) is 0 Å². The molecule has 4 heteroatoms. The number of alkyl halides is 1. The van der Waals surface area contributed by atoms with Gasteiger partial charge in [0, 0.05) is 24.2 Å². The number of hydrogen-bond donors (Lipinski definition) is 0. The SMILES string of the molecule is COc1ccc2c(c1)N(C)C(=O)[C@]2(F)c1ccccc1. The van der Waals surface area contributed by atoms with Crippen LogP contribution in [-0.4, -0.2) is 20.1 Å². The zero-order valence-electron chi connectivity index (χ0n) is 11.3. The van der Waals surface area contributed by atoms with E-state index >= 15 is 4.39 Å². The number of likely N-dealkylation sites (N-methyl/N-ethyl adjacent to an activating group) is 1. The molecule has 1 heterocycles. The zero-order valence-corrected chi connectivity index (χ0v) is 11.3. The predicted molar refractivity (Wildman–Crippen MR) is 74.7 cm³/mol. The number of fused-ring (bicyclic) bond motifs is 1. The summed E-state index contributed by atoms with van der Waals surface area (Å²) in [4.78, 5) is 13.7. The van der Waals surface area contributed by atoms with Crippen molar-refractivity contribution in [2.45, 2.75) is 5.67 Å². The third-order valence-corrected chi connectivity index (χ3v) is 3.71. The number of carbonyl (C=O) groups excluding carboxylic acids is 1. The Bertz CT molecular complexity index is 671. The molecule has 3 nitrogen and oxygen atoms in total. The molecule has 1 amide bonds. The van der Waals surface area contributed by atoms with Gasteiger partial charge in [-0.1, -0.05) is 30.3 Å². The van der Waals surface area contributed by atoms with Crippen molar-refractivity contribution < 1.29 is 13.9 Å². The molecule has 102 valence electrons. The molecule has 0 N–H and O–H groups in total. The van der Waals surface area contributed by atoms with Crippen molar-refractivity contribution in [3.05, 3.63) is 59.7 Å². The lowest BCUT2D eigenvalue weighted by atomic mass is 9.89. The summed E-state index contributed by atoms with van der Waals surface area (Å²) >= 11 is 0. The number of amides is 1. The highest BCUT2D eigenvalue weighted by Crippen LogP contribution is 2.47. The number of rotatable bonds is 2. The molecule has 1 aliphatic heterocycles. The molecule has 1 aliphatic rings. The molecule has 20 heavy (non-hydrogen) atoms. The molecule has 0 aliphatic carbocycles. The van der Waals surface area contributed by atoms with Gasteiger partial charge in [0.1, 0.15) is 5.75 Å². The summed E-state index contributed by atoms with van der Waals surface area (Å²) in [7, 11) is 3.11. The molecule has 0 saturated carbocycles. The number of hydrogen-bond acceptors (Lipinski definition) is 2. The first-order valence-corrected chi connectivity index (χ1v) is 6.30. The lowest BCUT2D eigenvalue weighted by Gasteiger charge is -2.19. The molecule has 0 bridgehead atoms. The Balaban J connectivity index is 2.23. The lowest BCUT2D eigenvalue weighted by molar-refractivity contribution is -0.126. The van der Waals surface area contributed by atoms with Crippen LogP contribution in [0.15, 0.2) is 48.5 Å². The van der Waals surface area contributed by atoms with Crippen molar-refractivity contribution in [1.29, 1.82) is 0 Å². The second kappa shape index (κ2) is 4.34. The van der Waals surface area contributed by atoms with Crippen LogP contribution in [0.25, 0.3) is 0 Å². The van der Waals surface area contributed by atoms with Crippen LogP contribution in [0.3, 0.4) is 0 Å². The van der Waals surface area contributed by atoms with Gasteiger partial charge in [-0.3, -0.25) is 4.79 Å². The van der Waals surface area contributed by atoms with E-state index in [1.54, 1.807) is 62.7 Å². The highest BCUT2D eigenvalue weighted by molar-refractivity contribution is 6.09. The Morgan fingerprint density at radius 1 is 1.15 bits per heavy atom. The first-order valence-electron chi connectivity index (χ1n) is 6.30. The summed E-state index contributed by atoms with van der Waals surface area (Å²) in [5, 5.41) is 0. The molecular weight excluding hydrogens is 257 g/mol. The van der Waals surface area contributed by atoms with Crippen molar-refractivity contribution in [2.24, 2.45) is 0 Å². The average Bonchev–Trinajstić information content (AvgIpc) is 2.70. The van der Waals surface area contributed by atoms with Crippen molar-refractivity contribution in [2.75, 3.05) is 19.1 Å². The van der Waals surface area contributed by atoms with Gasteiger partial charge in [-0.2, -0.15) is 0 Å². The number of methoxy groups -OCH3 is 1. The van der Waals surface area contributed by atoms with Crippen LogP contribution in [0.4, 0.5) is 10.1 Å². The second-order valence-corrected chi connectivity index (χ2v) is 4.77. The zero-order chi connectivity index (χ0) is 14.3. The molecule has 2 aromatic rings. The number of ether oxygens (including phenoxy) is 1. The van der Waals surface area contributed by atoms with E-state index in [0.29, 0.717) is 22.6 Å². The van der Waals surface area contributed by atoms with Gasteiger partial charge < -0.3 is 9.64 Å². The van der Waals surface area contributed by atoms with Crippen molar-refractivity contribution in [3.63, 3.8) is 0 Å². The summed E-state index contributed by atoms with van der Waals surface area (Å²) in [6.07, 6.45) is 0. The quantitative estimate of drug-likeness (QED) is 0.840. The number of nitrogens with zero attached hydrogens (tertiary/aromatic N) is 1. The van der Waals surface area contributed by atoms with Gasteiger partial charge in [-0.15, -0.1) is 0 Å². The molecule has 0 aromatic heterocycles. The van der Waals surface area contributed by atoms with Crippen LogP contribution in [0, 0.1) is 0 Å². The fourth-order valence-corrected chi connectivity index (χ4v) is 2.61. The van der Waals surface area contributed by atoms with Crippen LogP contribution in [0.2, 0.25) is 0 Å². The fraction of sp³-hybridized carbons (Fsp3) is 0.188. The summed E-state index contributed by atoms with van der Waals surface area (Å²) in [5.74, 6) is 0.0210. The maximum Gasteiger partial charge on any atom is 0.273 e. The molecule has 0 radical (unpaired) electrons. The predicted octanol–water partition coefficient (Wildman–Crippen LogP) is 2.88. The Morgan fingerprint density at radius 2 is 1.85 bits per heavy atom. The van der Waals surface area contributed by atoms with E-state index in [4.69, 9.17) is 4.74 Å². The summed E-state index contributed by atoms with van der Waals surface area (Å²) in [6, 6.07) is 13.5. The standard InChI is InChI=1S/C16H14FNO2/c1-18-14-10-12(20-2)8-9-13(14)16(17,15(18)19)11-6-4-3-5-7-11/h3-10H,1-2H3/t16-/m0/s1. The molecular formula is C16H14FNO2. The second-order valence-electron chi connectivity index (χ2n) is 4.77. The molecule has 2 aromatic carbocycles. The minimum Gasteiger partial charge on any atom is -0.497 e. The molecule has 0 spiro atoms. The number of halogens is 1. The molecule has 0 unspecified atom stereocenters. The maximum atomic E-state index is 15.5. The first kappa shape index (κ1) is 12.7. The van der Waals surface area contributed by atoms with Crippen LogP contribution < -0.4 is 9.64 Å². The van der Waals surface area contributed by atoms with Crippen LogP contribution in [0.5, 0.6) is 5.75 Å². The highest BCUT2D eigenvalue weighted by Gasteiger charge is 2.52. The van der Waals surface area contributed by atoms with E-state index in [1.165, 1.54) is 4.90 Å². The van der Waals surface area contributed by atoms with Gasteiger partial charge in [0.05, 0.1) is 12.8 Å². The third-order valence-electron chi connectivity index (χ3n) is 3.71. The largest absolute Gasteiger partial charge is 0.497 e. The minimum atomic E-state index is -2.13. The Kier molecular flexibility index (Phi) is 2.74. The molecule has 1 atom stereocenters. The summed E-state index contributed by atoms with van der Waals surface area (Å²) < 4.78 is 20.6. The monoisotopic (exact) mass is 271 g/mol. The van der Waals surface area contributed by atoms with Crippen molar-refractivity contribution in [3.8, 4) is 5.75 Å². The van der Waals surface area contributed by atoms with Gasteiger partial charge in [0.15, 0.2) is 0 Å². The van der Waals surface area contributed by atoms with Gasteiger partial charge in [-0.25, -0.2) is 4.39 Å². The van der Waals surface area contributed by atoms with E-state index in [-0.39, 0.29) is 0 Å². The van der Waals surface area contributed by atoms with Crippen LogP contribution >= 0.6 is 0 Å². The van der Waals surface area contributed by atoms with E-state index in [0.717, 1.165) is 0 Å². The van der Waals surface area contributed by atoms with Gasteiger partial charge in [-0.05, 0) is 12.1 Å². The van der Waals surface area contributed by atoms with Gasteiger partial charge in [0.2, 0.25) is 5.67 Å². The number of benzene rings is 2. The van der Waals surface area contributed by atoms with Crippen molar-refractivity contribution in [1.82, 2.24) is 0 Å². The maximum absolute atomic E-state index is 15.5. The summed E-state index contributed by atoms with van der Waals surface area (Å²) in [5.41, 5.74) is -0.879. The Labute approximate surface area is 116 Å². The van der Waals surface area contributed by atoms with E-state index < -0.39 is 11.6 Å². The first-order chi connectivity index (χ1) is 9.59. The third kappa shape index (κ3) is 1.54. The molecule has 0 saturated heterocycles. The van der Waals surface area contributed by atoms with Crippen molar-refractivity contribution >= 4 is 11.6 Å². The summed E-state index contributed by atoms with van der Waals surface area (Å²) in [6.45, 7) is 0. The van der Waals surface area contributed by atoms with Crippen LogP contribution in [0.1, 0.15) is 11.1 Å². The molecule has 0 fully saturated rings. The van der Waals surface area contributed by atoms with Gasteiger partial charge in [0.25, 0.3) is 5.91 Å². The minimum absolute atomic E-state index is 0.348. The normalized spacial score (nSPS) is 20.9. The number of carbonyl (C=O) groups is 1. The Hall–Kier alpha value is -2.36. The van der Waals surface area contributed by atoms with E-state index in [9.17, 15) is 4.79 Å². The fourth-order valence-electron chi connectivity index (χ4n) is 2.61. The number of anilines is 1. The smallest absolute Gasteiger partial charge is 0.273 e. The van der Waals surface area contributed by atoms with E-state index in [2.05, 4.69) is 0 Å². The highest BCUT2D eigenvalue weighted by atomic mass is 19.1. The topological polar surface area (TPSA) is 29.5 Å². The van der Waals surface area contributed by atoms with Crippen LogP contribution in [-0.2, 0) is 10.5 Å². The Morgan fingerprint density at radius 3 is 2.50 bits per heavy atom. The average molecular weight is 271 g/mol. The lowest BCUT2D eigenvalue weighted by Crippen LogP contribution is -2.35. The van der Waals surface area contributed by atoms with Gasteiger partial charge >= 0.3 is 0 Å². The molecule has 3 rings (SSSR count).